The average molecular weight is 293 g/mol. The molecule has 18 heavy (non-hydrogen) atoms. The molecule has 0 aliphatic carbocycles. The SMILES string of the molecule is CC(C)(CO)CNS(=O)(=O)c1cc(C(=O)O)cs1. The van der Waals surface area contributed by atoms with Crippen molar-refractivity contribution < 1.29 is 23.4 Å². The Morgan fingerprint density at radius 2 is 2.11 bits per heavy atom. The summed E-state index contributed by atoms with van der Waals surface area (Å²) in [6.45, 7) is 3.35. The molecule has 0 atom stereocenters. The third-order valence-corrected chi connectivity index (χ3v) is 5.10. The van der Waals surface area contributed by atoms with Crippen LogP contribution in [0.1, 0.15) is 24.2 Å². The summed E-state index contributed by atoms with van der Waals surface area (Å²) in [5.41, 5.74) is -0.623. The Balaban J connectivity index is 2.83. The Morgan fingerprint density at radius 3 is 2.56 bits per heavy atom. The van der Waals surface area contributed by atoms with Crippen molar-refractivity contribution in [3.05, 3.63) is 17.0 Å². The van der Waals surface area contributed by atoms with Crippen LogP contribution in [0.2, 0.25) is 0 Å². The van der Waals surface area contributed by atoms with Crippen LogP contribution in [0.25, 0.3) is 0 Å². The second-order valence-electron chi connectivity index (χ2n) is 4.61. The van der Waals surface area contributed by atoms with Crippen LogP contribution in [-0.2, 0) is 10.0 Å². The molecule has 6 nitrogen and oxygen atoms in total. The first-order valence-electron chi connectivity index (χ1n) is 5.10. The van der Waals surface area contributed by atoms with E-state index in [0.717, 1.165) is 17.4 Å². The lowest BCUT2D eigenvalue weighted by Crippen LogP contribution is -2.35. The lowest BCUT2D eigenvalue weighted by molar-refractivity contribution is 0.0697. The fraction of sp³-hybridized carbons (Fsp3) is 0.500. The standard InChI is InChI=1S/C10H15NO5S2/c1-10(2,6-12)5-11-18(15,16)8-3-7(4-17-8)9(13)14/h3-4,11-12H,5-6H2,1-2H3,(H,13,14). The molecule has 1 aromatic heterocycles. The molecule has 3 N–H and O–H groups in total. The second kappa shape index (κ2) is 5.35. The number of aliphatic hydroxyl groups excluding tert-OH is 1. The van der Waals surface area contributed by atoms with Crippen LogP contribution >= 0.6 is 11.3 Å². The van der Waals surface area contributed by atoms with E-state index in [1.54, 1.807) is 13.8 Å². The Morgan fingerprint density at radius 1 is 1.50 bits per heavy atom. The zero-order chi connectivity index (χ0) is 14.0. The quantitative estimate of drug-likeness (QED) is 0.718. The molecule has 0 bridgehead atoms. The van der Waals surface area contributed by atoms with Crippen molar-refractivity contribution >= 4 is 27.3 Å². The first-order valence-corrected chi connectivity index (χ1v) is 7.46. The monoisotopic (exact) mass is 293 g/mol. The summed E-state index contributed by atoms with van der Waals surface area (Å²) in [4.78, 5) is 10.7. The van der Waals surface area contributed by atoms with Gasteiger partial charge in [-0.3, -0.25) is 0 Å². The molecule has 1 rings (SSSR count). The third-order valence-electron chi connectivity index (χ3n) is 2.26. The average Bonchev–Trinajstić information content (AvgIpc) is 2.77. The van der Waals surface area contributed by atoms with E-state index in [4.69, 9.17) is 10.2 Å². The molecule has 8 heteroatoms. The van der Waals surface area contributed by atoms with E-state index in [1.807, 2.05) is 0 Å². The molecule has 0 fully saturated rings. The summed E-state index contributed by atoms with van der Waals surface area (Å²) in [6, 6.07) is 1.11. The summed E-state index contributed by atoms with van der Waals surface area (Å²) < 4.78 is 26.0. The molecular formula is C10H15NO5S2. The maximum absolute atomic E-state index is 11.9. The van der Waals surface area contributed by atoms with Gasteiger partial charge in [0.15, 0.2) is 0 Å². The van der Waals surface area contributed by atoms with Crippen LogP contribution in [0.3, 0.4) is 0 Å². The fourth-order valence-electron chi connectivity index (χ4n) is 0.987. The highest BCUT2D eigenvalue weighted by molar-refractivity contribution is 7.91. The number of hydrogen-bond donors (Lipinski definition) is 3. The molecule has 0 aliphatic rings. The minimum absolute atomic E-state index is 0.0476. The smallest absolute Gasteiger partial charge is 0.336 e. The van der Waals surface area contributed by atoms with Crippen LogP contribution in [0.5, 0.6) is 0 Å². The summed E-state index contributed by atoms with van der Waals surface area (Å²) >= 11 is 0.849. The molecule has 0 amide bonds. The van der Waals surface area contributed by atoms with Gasteiger partial charge < -0.3 is 10.2 Å². The molecular weight excluding hydrogens is 278 g/mol. The molecule has 0 spiro atoms. The Hall–Kier alpha value is -0.960. The predicted molar refractivity (Wildman–Crippen MR) is 67.3 cm³/mol. The van der Waals surface area contributed by atoms with Crippen molar-refractivity contribution in [3.63, 3.8) is 0 Å². The van der Waals surface area contributed by atoms with E-state index in [9.17, 15) is 13.2 Å². The number of aromatic carboxylic acids is 1. The van der Waals surface area contributed by atoms with Crippen LogP contribution in [0, 0.1) is 5.41 Å². The molecule has 0 saturated carbocycles. The van der Waals surface area contributed by atoms with Gasteiger partial charge in [-0.1, -0.05) is 13.8 Å². The first-order chi connectivity index (χ1) is 8.18. The number of hydrogen-bond acceptors (Lipinski definition) is 5. The Bertz CT molecular complexity index is 532. The van der Waals surface area contributed by atoms with Gasteiger partial charge in [0.1, 0.15) is 4.21 Å². The lowest BCUT2D eigenvalue weighted by Gasteiger charge is -2.21. The molecule has 0 aliphatic heterocycles. The lowest BCUT2D eigenvalue weighted by atomic mass is 9.96. The summed E-state index contributed by atoms with van der Waals surface area (Å²) in [5, 5.41) is 19.0. The van der Waals surface area contributed by atoms with E-state index in [2.05, 4.69) is 4.72 Å². The highest BCUT2D eigenvalue weighted by Crippen LogP contribution is 2.21. The van der Waals surface area contributed by atoms with Crippen LogP contribution in [-0.4, -0.2) is 37.8 Å². The zero-order valence-electron chi connectivity index (χ0n) is 10.0. The van der Waals surface area contributed by atoms with Crippen molar-refractivity contribution in [3.8, 4) is 0 Å². The van der Waals surface area contributed by atoms with Crippen molar-refractivity contribution in [2.24, 2.45) is 5.41 Å². The van der Waals surface area contributed by atoms with Gasteiger partial charge >= 0.3 is 5.97 Å². The third kappa shape index (κ3) is 3.77. The zero-order valence-corrected chi connectivity index (χ0v) is 11.6. The number of carboxylic acids is 1. The number of carboxylic acid groups (broad SMARTS) is 1. The van der Waals surface area contributed by atoms with Crippen molar-refractivity contribution in [2.45, 2.75) is 18.1 Å². The van der Waals surface area contributed by atoms with Gasteiger partial charge in [-0.2, -0.15) is 0 Å². The molecule has 102 valence electrons. The second-order valence-corrected chi connectivity index (χ2v) is 7.51. The minimum Gasteiger partial charge on any atom is -0.478 e. The highest BCUT2D eigenvalue weighted by atomic mass is 32.2. The van der Waals surface area contributed by atoms with Gasteiger partial charge in [0.05, 0.1) is 5.56 Å². The fourth-order valence-corrected chi connectivity index (χ4v) is 3.43. The van der Waals surface area contributed by atoms with Crippen LogP contribution in [0.4, 0.5) is 0 Å². The maximum Gasteiger partial charge on any atom is 0.336 e. The van der Waals surface area contributed by atoms with E-state index >= 15 is 0 Å². The molecule has 0 aromatic carbocycles. The molecule has 0 saturated heterocycles. The highest BCUT2D eigenvalue weighted by Gasteiger charge is 2.23. The summed E-state index contributed by atoms with van der Waals surface area (Å²) in [5.74, 6) is -1.16. The Kier molecular flexibility index (Phi) is 4.49. The van der Waals surface area contributed by atoms with Crippen molar-refractivity contribution in [1.82, 2.24) is 4.72 Å². The number of rotatable bonds is 6. The molecule has 1 aromatic rings. The van der Waals surface area contributed by atoms with E-state index < -0.39 is 21.4 Å². The van der Waals surface area contributed by atoms with Gasteiger partial charge in [-0.05, 0) is 6.07 Å². The van der Waals surface area contributed by atoms with E-state index in [1.165, 1.54) is 5.38 Å². The normalized spacial score (nSPS) is 12.6. The predicted octanol–water partition coefficient (Wildman–Crippen LogP) is 0.743. The van der Waals surface area contributed by atoms with Gasteiger partial charge in [-0.15, -0.1) is 11.3 Å². The summed E-state index contributed by atoms with van der Waals surface area (Å²) in [7, 11) is -3.72. The number of nitrogens with one attached hydrogen (secondary N) is 1. The van der Waals surface area contributed by atoms with Gasteiger partial charge in [0.25, 0.3) is 0 Å². The molecule has 0 unspecified atom stereocenters. The van der Waals surface area contributed by atoms with Crippen LogP contribution in [0.15, 0.2) is 15.7 Å². The van der Waals surface area contributed by atoms with Crippen molar-refractivity contribution in [1.29, 1.82) is 0 Å². The number of sulfonamides is 1. The molecule has 1 heterocycles. The topological polar surface area (TPSA) is 104 Å². The number of aliphatic hydroxyl groups is 1. The van der Waals surface area contributed by atoms with Gasteiger partial charge in [0, 0.05) is 23.9 Å². The Labute approximate surface area is 109 Å². The van der Waals surface area contributed by atoms with E-state index in [-0.39, 0.29) is 22.9 Å². The number of thiophene rings is 1. The van der Waals surface area contributed by atoms with Gasteiger partial charge in [0.2, 0.25) is 10.0 Å². The largest absolute Gasteiger partial charge is 0.478 e. The van der Waals surface area contributed by atoms with Gasteiger partial charge in [-0.25, -0.2) is 17.9 Å². The number of carbonyl (C=O) groups is 1. The summed E-state index contributed by atoms with van der Waals surface area (Å²) in [6.07, 6.45) is 0. The maximum atomic E-state index is 11.9. The molecule has 0 radical (unpaired) electrons. The first kappa shape index (κ1) is 15.1. The van der Waals surface area contributed by atoms with E-state index in [0.29, 0.717) is 0 Å². The van der Waals surface area contributed by atoms with Crippen molar-refractivity contribution in [2.75, 3.05) is 13.2 Å². The minimum atomic E-state index is -3.72. The van der Waals surface area contributed by atoms with Crippen LogP contribution < -0.4 is 4.72 Å².